The molecule has 1 aromatic heterocycles. The maximum Gasteiger partial charge on any atom is 0.341 e. The van der Waals surface area contributed by atoms with Gasteiger partial charge in [-0.1, -0.05) is 11.6 Å². The number of pyridine rings is 1. The van der Waals surface area contributed by atoms with Gasteiger partial charge >= 0.3 is 5.97 Å². The number of aromatic nitrogens is 1. The second kappa shape index (κ2) is 7.44. The summed E-state index contributed by atoms with van der Waals surface area (Å²) in [7, 11) is 0. The lowest BCUT2D eigenvalue weighted by molar-refractivity contribution is 0.0694. The van der Waals surface area contributed by atoms with Crippen LogP contribution >= 0.6 is 11.6 Å². The van der Waals surface area contributed by atoms with E-state index >= 15 is 4.39 Å². The van der Waals surface area contributed by atoms with E-state index < -0.39 is 29.5 Å². The minimum atomic E-state index is -1.45. The van der Waals surface area contributed by atoms with Gasteiger partial charge in [0.2, 0.25) is 5.43 Å². The van der Waals surface area contributed by atoms with E-state index in [4.69, 9.17) is 11.6 Å². The van der Waals surface area contributed by atoms with Gasteiger partial charge in [-0.15, -0.1) is 0 Å². The second-order valence-electron chi connectivity index (χ2n) is 6.69. The van der Waals surface area contributed by atoms with Gasteiger partial charge in [-0.05, 0) is 13.8 Å². The van der Waals surface area contributed by atoms with Crippen molar-refractivity contribution >= 4 is 34.2 Å². The van der Waals surface area contributed by atoms with Crippen LogP contribution in [-0.2, 0) is 6.54 Å². The Morgan fingerprint density at radius 3 is 2.78 bits per heavy atom. The Morgan fingerprint density at radius 1 is 1.48 bits per heavy atom. The number of halogens is 3. The molecule has 1 aliphatic rings. The predicted octanol–water partition coefficient (Wildman–Crippen LogP) is 2.57. The minimum absolute atomic E-state index is 0.00955. The number of aromatic carboxylic acids is 1. The van der Waals surface area contributed by atoms with E-state index in [0.717, 1.165) is 6.20 Å². The standard InChI is InChI=1S/C18H20ClF2N3O3/c1-9-7-24(6-4-22-9)16-13(19)15-12(10(2)14(16)21)17(25)11(18(26)27)8-23(15)5-3-20/h8-9,22H,3-7H2,1-2H3,(H,26,27). The molecule has 1 unspecified atom stereocenters. The van der Waals surface area contributed by atoms with E-state index in [0.29, 0.717) is 19.6 Å². The smallest absolute Gasteiger partial charge is 0.341 e. The van der Waals surface area contributed by atoms with Crippen molar-refractivity contribution in [2.24, 2.45) is 0 Å². The third-order valence-corrected chi connectivity index (χ3v) is 5.21. The molecule has 3 rings (SSSR count). The molecule has 1 fully saturated rings. The first kappa shape index (κ1) is 19.6. The number of hydrogen-bond donors (Lipinski definition) is 2. The Balaban J connectivity index is 2.39. The normalized spacial score (nSPS) is 17.5. The fourth-order valence-electron chi connectivity index (χ4n) is 3.58. The number of rotatable bonds is 4. The Hall–Kier alpha value is -2.19. The molecule has 27 heavy (non-hydrogen) atoms. The Bertz CT molecular complexity index is 977. The molecule has 0 spiro atoms. The number of fused-ring (bicyclic) bond motifs is 1. The molecular weight excluding hydrogens is 380 g/mol. The molecule has 1 aromatic carbocycles. The van der Waals surface area contributed by atoms with Gasteiger partial charge in [0, 0.05) is 37.4 Å². The van der Waals surface area contributed by atoms with Crippen molar-refractivity contribution in [1.29, 1.82) is 0 Å². The number of hydrogen-bond acceptors (Lipinski definition) is 4. The Kier molecular flexibility index (Phi) is 5.39. The zero-order chi connectivity index (χ0) is 19.9. The summed E-state index contributed by atoms with van der Waals surface area (Å²) in [5.74, 6) is -2.11. The van der Waals surface area contributed by atoms with Crippen LogP contribution in [0.3, 0.4) is 0 Å². The summed E-state index contributed by atoms with van der Waals surface area (Å²) in [6.45, 7) is 4.07. The fourth-order valence-corrected chi connectivity index (χ4v) is 3.98. The first-order valence-electron chi connectivity index (χ1n) is 8.60. The third-order valence-electron chi connectivity index (χ3n) is 4.85. The number of nitrogens with one attached hydrogen (secondary N) is 1. The average molecular weight is 400 g/mol. The maximum absolute atomic E-state index is 15.2. The molecule has 146 valence electrons. The van der Waals surface area contributed by atoms with E-state index in [2.05, 4.69) is 5.32 Å². The lowest BCUT2D eigenvalue weighted by Crippen LogP contribution is -2.49. The number of carbonyl (C=O) groups is 1. The van der Waals surface area contributed by atoms with Crippen molar-refractivity contribution in [2.75, 3.05) is 31.2 Å². The predicted molar refractivity (Wildman–Crippen MR) is 101 cm³/mol. The lowest BCUT2D eigenvalue weighted by Gasteiger charge is -2.35. The minimum Gasteiger partial charge on any atom is -0.477 e. The lowest BCUT2D eigenvalue weighted by atomic mass is 10.0. The highest BCUT2D eigenvalue weighted by molar-refractivity contribution is 6.38. The molecule has 0 amide bonds. The first-order valence-corrected chi connectivity index (χ1v) is 8.98. The molecule has 0 radical (unpaired) electrons. The SMILES string of the molecule is Cc1c(F)c(N2CCNC(C)C2)c(Cl)c2c1c(=O)c(C(=O)O)cn2CCF. The summed E-state index contributed by atoms with van der Waals surface area (Å²) in [4.78, 5) is 25.9. The number of carboxylic acids is 1. The van der Waals surface area contributed by atoms with E-state index in [1.165, 1.54) is 11.5 Å². The van der Waals surface area contributed by atoms with Crippen molar-refractivity contribution in [1.82, 2.24) is 9.88 Å². The molecule has 2 aromatic rings. The molecule has 1 aliphatic heterocycles. The van der Waals surface area contributed by atoms with Gasteiger partial charge in [0.1, 0.15) is 12.2 Å². The van der Waals surface area contributed by atoms with Crippen LogP contribution in [0.25, 0.3) is 10.9 Å². The molecule has 1 saturated heterocycles. The van der Waals surface area contributed by atoms with Gasteiger partial charge in [-0.3, -0.25) is 4.79 Å². The monoisotopic (exact) mass is 399 g/mol. The van der Waals surface area contributed by atoms with Gasteiger partial charge < -0.3 is 19.9 Å². The number of aryl methyl sites for hydroxylation is 2. The summed E-state index contributed by atoms with van der Waals surface area (Å²) in [6.07, 6.45) is 1.07. The molecule has 0 bridgehead atoms. The Labute approximate surface area is 159 Å². The summed E-state index contributed by atoms with van der Waals surface area (Å²) < 4.78 is 29.6. The van der Waals surface area contributed by atoms with Crippen molar-refractivity contribution in [3.8, 4) is 0 Å². The first-order chi connectivity index (χ1) is 12.8. The van der Waals surface area contributed by atoms with E-state index in [1.807, 2.05) is 6.92 Å². The fraction of sp³-hybridized carbons (Fsp3) is 0.444. The zero-order valence-electron chi connectivity index (χ0n) is 15.0. The molecule has 6 nitrogen and oxygen atoms in total. The van der Waals surface area contributed by atoms with E-state index in [-0.39, 0.29) is 39.8 Å². The molecule has 0 aliphatic carbocycles. The number of benzene rings is 1. The van der Waals surface area contributed by atoms with Crippen LogP contribution in [0.1, 0.15) is 22.8 Å². The molecule has 2 N–H and O–H groups in total. The van der Waals surface area contributed by atoms with Crippen LogP contribution in [-0.4, -0.2) is 48.0 Å². The van der Waals surface area contributed by atoms with Crippen molar-refractivity contribution < 1.29 is 18.7 Å². The highest BCUT2D eigenvalue weighted by Crippen LogP contribution is 2.38. The number of nitrogens with zero attached hydrogens (tertiary/aromatic N) is 2. The highest BCUT2D eigenvalue weighted by atomic mass is 35.5. The van der Waals surface area contributed by atoms with Crippen LogP contribution in [0, 0.1) is 12.7 Å². The maximum atomic E-state index is 15.2. The molecule has 1 atom stereocenters. The Morgan fingerprint density at radius 2 is 2.19 bits per heavy atom. The summed E-state index contributed by atoms with van der Waals surface area (Å²) in [5.41, 5.74) is -1.05. The van der Waals surface area contributed by atoms with Crippen LogP contribution in [0.15, 0.2) is 11.0 Å². The highest BCUT2D eigenvalue weighted by Gasteiger charge is 2.28. The van der Waals surface area contributed by atoms with Crippen molar-refractivity contribution in [2.45, 2.75) is 26.4 Å². The van der Waals surface area contributed by atoms with Gasteiger partial charge in [0.15, 0.2) is 5.82 Å². The number of alkyl halides is 1. The number of carboxylic acid groups (broad SMARTS) is 1. The van der Waals surface area contributed by atoms with Gasteiger partial charge in [-0.2, -0.15) is 0 Å². The second-order valence-corrected chi connectivity index (χ2v) is 7.06. The van der Waals surface area contributed by atoms with Gasteiger partial charge in [0.05, 0.1) is 28.2 Å². The van der Waals surface area contributed by atoms with Crippen LogP contribution in [0.5, 0.6) is 0 Å². The summed E-state index contributed by atoms with van der Waals surface area (Å²) in [5, 5.41) is 12.4. The third kappa shape index (κ3) is 3.27. The largest absolute Gasteiger partial charge is 0.477 e. The van der Waals surface area contributed by atoms with Crippen LogP contribution in [0.2, 0.25) is 5.02 Å². The summed E-state index contributed by atoms with van der Waals surface area (Å²) in [6, 6.07) is 0.118. The van der Waals surface area contributed by atoms with E-state index in [9.17, 15) is 19.1 Å². The number of anilines is 1. The molecular formula is C18H20ClF2N3O3. The zero-order valence-corrected chi connectivity index (χ0v) is 15.7. The average Bonchev–Trinajstić information content (AvgIpc) is 2.61. The van der Waals surface area contributed by atoms with Gasteiger partial charge in [-0.25, -0.2) is 13.6 Å². The molecule has 9 heteroatoms. The molecule has 0 saturated carbocycles. The van der Waals surface area contributed by atoms with Crippen LogP contribution < -0.4 is 15.6 Å². The van der Waals surface area contributed by atoms with Crippen LogP contribution in [0.4, 0.5) is 14.5 Å². The molecule has 2 heterocycles. The number of piperazine rings is 1. The van der Waals surface area contributed by atoms with E-state index in [1.54, 1.807) is 4.90 Å². The topological polar surface area (TPSA) is 74.6 Å². The van der Waals surface area contributed by atoms with Gasteiger partial charge in [0.25, 0.3) is 0 Å². The van der Waals surface area contributed by atoms with Crippen molar-refractivity contribution in [3.05, 3.63) is 38.4 Å². The summed E-state index contributed by atoms with van der Waals surface area (Å²) >= 11 is 6.51. The van der Waals surface area contributed by atoms with Crippen molar-refractivity contribution in [3.63, 3.8) is 0 Å². The quantitative estimate of drug-likeness (QED) is 0.826.